The van der Waals surface area contributed by atoms with E-state index in [0.29, 0.717) is 27.3 Å². The van der Waals surface area contributed by atoms with Gasteiger partial charge >= 0.3 is 5.97 Å². The number of thiocarbonyl (C=S) groups is 1. The summed E-state index contributed by atoms with van der Waals surface area (Å²) >= 11 is 16.4. The van der Waals surface area contributed by atoms with Crippen LogP contribution in [0.2, 0.25) is 5.02 Å². The molecule has 29 heavy (non-hydrogen) atoms. The van der Waals surface area contributed by atoms with E-state index >= 15 is 0 Å². The smallest absolute Gasteiger partial charge is 0.341 e. The van der Waals surface area contributed by atoms with E-state index in [1.165, 1.54) is 11.3 Å². The predicted octanol–water partition coefficient (Wildman–Crippen LogP) is 7.13. The molecule has 0 aliphatic carbocycles. The minimum atomic E-state index is -0.382. The highest BCUT2D eigenvalue weighted by molar-refractivity contribution is 9.10. The fourth-order valence-corrected chi connectivity index (χ4v) is 4.60. The van der Waals surface area contributed by atoms with Crippen LogP contribution in [0.5, 0.6) is 0 Å². The summed E-state index contributed by atoms with van der Waals surface area (Å²) in [5.74, 6) is -0.382. The fraction of sp³-hybridized carbons (Fsp3) is 0.143. The topological polar surface area (TPSA) is 50.4 Å². The summed E-state index contributed by atoms with van der Waals surface area (Å²) in [6.07, 6.45) is 0. The summed E-state index contributed by atoms with van der Waals surface area (Å²) in [6.45, 7) is 4.06. The van der Waals surface area contributed by atoms with Crippen LogP contribution in [0.3, 0.4) is 0 Å². The van der Waals surface area contributed by atoms with Gasteiger partial charge in [-0.3, -0.25) is 0 Å². The van der Waals surface area contributed by atoms with Crippen LogP contribution in [-0.2, 0) is 4.74 Å². The van der Waals surface area contributed by atoms with Crippen LogP contribution < -0.4 is 10.6 Å². The number of aryl methyl sites for hydroxylation is 1. The van der Waals surface area contributed by atoms with Crippen molar-refractivity contribution < 1.29 is 9.53 Å². The van der Waals surface area contributed by atoms with E-state index in [2.05, 4.69) is 26.6 Å². The molecule has 8 heteroatoms. The maximum atomic E-state index is 12.8. The van der Waals surface area contributed by atoms with E-state index in [9.17, 15) is 4.79 Å². The van der Waals surface area contributed by atoms with E-state index in [1.54, 1.807) is 13.0 Å². The summed E-state index contributed by atoms with van der Waals surface area (Å²) in [5.41, 5.74) is 3.03. The van der Waals surface area contributed by atoms with Crippen LogP contribution in [0, 0.1) is 6.92 Å². The van der Waals surface area contributed by atoms with Crippen LogP contribution in [0.4, 0.5) is 10.7 Å². The second-order valence-corrected chi connectivity index (χ2v) is 8.93. The quantitative estimate of drug-likeness (QED) is 0.283. The van der Waals surface area contributed by atoms with E-state index in [4.69, 9.17) is 28.6 Å². The second kappa shape index (κ2) is 9.71. The van der Waals surface area contributed by atoms with Crippen molar-refractivity contribution in [1.82, 2.24) is 0 Å². The molecule has 0 fully saturated rings. The van der Waals surface area contributed by atoms with Crippen molar-refractivity contribution in [1.29, 1.82) is 0 Å². The first-order chi connectivity index (χ1) is 13.9. The molecule has 1 aromatic heterocycles. The molecule has 0 radical (unpaired) electrons. The van der Waals surface area contributed by atoms with Gasteiger partial charge in [0.2, 0.25) is 0 Å². The van der Waals surface area contributed by atoms with Gasteiger partial charge in [0.25, 0.3) is 0 Å². The van der Waals surface area contributed by atoms with Gasteiger partial charge in [0.15, 0.2) is 5.11 Å². The number of thiophene rings is 1. The fourth-order valence-electron chi connectivity index (χ4n) is 2.82. The zero-order valence-electron chi connectivity index (χ0n) is 15.7. The number of carbonyl (C=O) groups is 1. The number of rotatable bonds is 5. The maximum Gasteiger partial charge on any atom is 0.341 e. The lowest BCUT2D eigenvalue weighted by Crippen LogP contribution is -2.20. The molecular weight excluding hydrogens is 492 g/mol. The Morgan fingerprint density at radius 3 is 2.59 bits per heavy atom. The maximum absolute atomic E-state index is 12.8. The van der Waals surface area contributed by atoms with Gasteiger partial charge in [-0.15, -0.1) is 11.3 Å². The number of ether oxygens (including phenoxy) is 1. The van der Waals surface area contributed by atoms with Crippen LogP contribution >= 0.6 is 51.1 Å². The molecule has 0 amide bonds. The highest BCUT2D eigenvalue weighted by Crippen LogP contribution is 2.40. The van der Waals surface area contributed by atoms with Gasteiger partial charge in [-0.25, -0.2) is 4.79 Å². The van der Waals surface area contributed by atoms with Gasteiger partial charge in [-0.2, -0.15) is 0 Å². The number of esters is 1. The highest BCUT2D eigenvalue weighted by Gasteiger charge is 2.24. The Bertz CT molecular complexity index is 1050. The first-order valence-electron chi connectivity index (χ1n) is 8.79. The monoisotopic (exact) mass is 508 g/mol. The molecule has 3 rings (SSSR count). The van der Waals surface area contributed by atoms with Gasteiger partial charge in [0, 0.05) is 20.6 Å². The number of hydrogen-bond donors (Lipinski definition) is 2. The zero-order chi connectivity index (χ0) is 21.0. The molecule has 0 aliphatic heterocycles. The second-order valence-electron chi connectivity index (χ2n) is 6.03. The van der Waals surface area contributed by atoms with Crippen LogP contribution in [0.15, 0.2) is 53.0 Å². The van der Waals surface area contributed by atoms with E-state index in [0.717, 1.165) is 26.2 Å². The van der Waals surface area contributed by atoms with Gasteiger partial charge in [-0.1, -0.05) is 41.9 Å². The number of carbonyl (C=O) groups excluding carboxylic acids is 1. The highest BCUT2D eigenvalue weighted by atomic mass is 79.9. The number of nitrogens with one attached hydrogen (secondary N) is 2. The minimum absolute atomic E-state index is 0.293. The van der Waals surface area contributed by atoms with Crippen molar-refractivity contribution in [2.24, 2.45) is 0 Å². The molecule has 0 saturated heterocycles. The van der Waals surface area contributed by atoms with Crippen molar-refractivity contribution in [3.63, 3.8) is 0 Å². The molecule has 2 aromatic carbocycles. The van der Waals surface area contributed by atoms with Crippen LogP contribution in [0.1, 0.15) is 22.2 Å². The molecule has 3 aromatic rings. The average Bonchev–Trinajstić information content (AvgIpc) is 3.01. The van der Waals surface area contributed by atoms with E-state index in [-0.39, 0.29) is 5.97 Å². The molecular formula is C21H18BrClN2O2S2. The minimum Gasteiger partial charge on any atom is -0.462 e. The van der Waals surface area contributed by atoms with Crippen molar-refractivity contribution in [2.75, 3.05) is 17.2 Å². The Hall–Kier alpha value is -1.93. The van der Waals surface area contributed by atoms with E-state index in [1.807, 2.05) is 49.4 Å². The predicted molar refractivity (Wildman–Crippen MR) is 129 cm³/mol. The molecule has 0 bridgehead atoms. The largest absolute Gasteiger partial charge is 0.462 e. The zero-order valence-corrected chi connectivity index (χ0v) is 19.7. The summed E-state index contributed by atoms with van der Waals surface area (Å²) < 4.78 is 6.11. The molecule has 150 valence electrons. The molecule has 0 aliphatic rings. The lowest BCUT2D eigenvalue weighted by atomic mass is 10.0. The number of halogens is 2. The van der Waals surface area contributed by atoms with Gasteiger partial charge in [-0.05, 0) is 65.8 Å². The molecule has 2 N–H and O–H groups in total. The molecule has 0 atom stereocenters. The lowest BCUT2D eigenvalue weighted by Gasteiger charge is -2.12. The molecule has 4 nitrogen and oxygen atoms in total. The Kier molecular flexibility index (Phi) is 7.29. The Morgan fingerprint density at radius 1 is 1.21 bits per heavy atom. The van der Waals surface area contributed by atoms with Gasteiger partial charge < -0.3 is 15.4 Å². The van der Waals surface area contributed by atoms with Crippen molar-refractivity contribution >= 4 is 72.9 Å². The summed E-state index contributed by atoms with van der Waals surface area (Å²) in [7, 11) is 0. The van der Waals surface area contributed by atoms with Crippen LogP contribution in [-0.4, -0.2) is 17.7 Å². The Balaban J connectivity index is 1.93. The lowest BCUT2D eigenvalue weighted by molar-refractivity contribution is 0.0529. The molecule has 0 unspecified atom stereocenters. The average molecular weight is 510 g/mol. The third-order valence-electron chi connectivity index (χ3n) is 4.03. The first kappa shape index (κ1) is 21.8. The third kappa shape index (κ3) is 5.17. The summed E-state index contributed by atoms with van der Waals surface area (Å²) in [5, 5.41) is 7.81. The summed E-state index contributed by atoms with van der Waals surface area (Å²) in [6, 6.07) is 15.2. The Labute approximate surface area is 192 Å². The number of hydrogen-bond acceptors (Lipinski definition) is 4. The van der Waals surface area contributed by atoms with Crippen molar-refractivity contribution in [3.8, 4) is 11.1 Å². The van der Waals surface area contributed by atoms with Crippen LogP contribution in [0.25, 0.3) is 11.1 Å². The molecule has 1 heterocycles. The number of anilines is 2. The van der Waals surface area contributed by atoms with E-state index < -0.39 is 0 Å². The normalized spacial score (nSPS) is 10.5. The summed E-state index contributed by atoms with van der Waals surface area (Å²) in [4.78, 5) is 13.7. The third-order valence-corrected chi connectivity index (χ3v) is 6.49. The molecule has 0 saturated carbocycles. The van der Waals surface area contributed by atoms with Crippen molar-refractivity contribution in [3.05, 3.63) is 68.5 Å². The molecule has 0 spiro atoms. The number of benzene rings is 2. The SMILES string of the molecule is CCOC(=O)c1c(NC(=S)Nc2ccc(Br)c(Cl)c2)sc(C)c1-c1ccccc1. The first-order valence-corrected chi connectivity index (χ1v) is 11.2. The van der Waals surface area contributed by atoms with Gasteiger partial charge in [0.05, 0.1) is 11.6 Å². The standard InChI is InChI=1S/C21H18BrClN2O2S2/c1-3-27-20(26)18-17(13-7-5-4-6-8-13)12(2)29-19(18)25-21(28)24-14-9-10-15(22)16(23)11-14/h4-11H,3H2,1-2H3,(H2,24,25,28). The van der Waals surface area contributed by atoms with Gasteiger partial charge in [0.1, 0.15) is 10.6 Å². The Morgan fingerprint density at radius 2 is 1.93 bits per heavy atom. The van der Waals surface area contributed by atoms with Crippen molar-refractivity contribution in [2.45, 2.75) is 13.8 Å².